The van der Waals surface area contributed by atoms with E-state index in [4.69, 9.17) is 11.6 Å². The predicted octanol–water partition coefficient (Wildman–Crippen LogP) is 2.10. The van der Waals surface area contributed by atoms with Crippen molar-refractivity contribution in [3.63, 3.8) is 0 Å². The molecule has 0 bridgehead atoms. The number of hydrogen-bond donors (Lipinski definition) is 1. The molecule has 0 unspecified atom stereocenters. The van der Waals surface area contributed by atoms with Gasteiger partial charge < -0.3 is 5.32 Å². The summed E-state index contributed by atoms with van der Waals surface area (Å²) in [7, 11) is 0. The number of pyridine rings is 1. The highest BCUT2D eigenvalue weighted by atomic mass is 35.5. The van der Waals surface area contributed by atoms with Gasteiger partial charge in [0.25, 0.3) is 0 Å². The van der Waals surface area contributed by atoms with Crippen LogP contribution in [-0.4, -0.2) is 52.5 Å². The van der Waals surface area contributed by atoms with Crippen LogP contribution in [0.15, 0.2) is 12.1 Å². The fourth-order valence-electron chi connectivity index (χ4n) is 1.86. The zero-order chi connectivity index (χ0) is 13.7. The molecular weight excluding hydrogens is 288 g/mol. The van der Waals surface area contributed by atoms with Gasteiger partial charge in [-0.2, -0.15) is 11.8 Å². The van der Waals surface area contributed by atoms with Gasteiger partial charge in [-0.1, -0.05) is 11.6 Å². The molecule has 0 atom stereocenters. The summed E-state index contributed by atoms with van der Waals surface area (Å²) in [6, 6.07) is 2.79. The normalized spacial score (nSPS) is 16.3. The molecule has 0 spiro atoms. The molecule has 104 valence electrons. The van der Waals surface area contributed by atoms with E-state index < -0.39 is 4.92 Å². The number of nitrogens with one attached hydrogen (secondary N) is 1. The summed E-state index contributed by atoms with van der Waals surface area (Å²) in [4.78, 5) is 16.7. The Morgan fingerprint density at radius 1 is 1.47 bits per heavy atom. The van der Waals surface area contributed by atoms with Crippen molar-refractivity contribution in [3.8, 4) is 0 Å². The zero-order valence-electron chi connectivity index (χ0n) is 10.3. The lowest BCUT2D eigenvalue weighted by atomic mass is 10.4. The number of thioether (sulfide) groups is 1. The molecule has 8 heteroatoms. The van der Waals surface area contributed by atoms with Crippen molar-refractivity contribution >= 4 is 34.9 Å². The topological polar surface area (TPSA) is 71.3 Å². The summed E-state index contributed by atoms with van der Waals surface area (Å²) in [6.07, 6.45) is 0. The first kappa shape index (κ1) is 14.4. The SMILES string of the molecule is O=[N+]([O-])c1ccc(Cl)nc1NCCN1CCSCC1. The number of halogens is 1. The van der Waals surface area contributed by atoms with E-state index in [0.29, 0.717) is 6.54 Å². The van der Waals surface area contributed by atoms with Crippen molar-refractivity contribution < 1.29 is 4.92 Å². The maximum absolute atomic E-state index is 10.9. The van der Waals surface area contributed by atoms with Gasteiger partial charge in [0.15, 0.2) is 0 Å². The molecule has 0 amide bonds. The van der Waals surface area contributed by atoms with Crippen molar-refractivity contribution in [2.75, 3.05) is 43.0 Å². The van der Waals surface area contributed by atoms with Gasteiger partial charge in [-0.3, -0.25) is 15.0 Å². The minimum absolute atomic E-state index is 0.0430. The Morgan fingerprint density at radius 2 is 2.21 bits per heavy atom. The van der Waals surface area contributed by atoms with Crippen LogP contribution in [0.2, 0.25) is 5.15 Å². The van der Waals surface area contributed by atoms with Gasteiger partial charge in [0, 0.05) is 43.8 Å². The number of hydrogen-bond acceptors (Lipinski definition) is 6. The van der Waals surface area contributed by atoms with Crippen molar-refractivity contribution in [3.05, 3.63) is 27.4 Å². The third-order valence-corrected chi connectivity index (χ3v) is 4.01. The van der Waals surface area contributed by atoms with Crippen molar-refractivity contribution in [1.82, 2.24) is 9.88 Å². The Bertz CT molecular complexity index is 454. The van der Waals surface area contributed by atoms with Crippen LogP contribution in [-0.2, 0) is 0 Å². The molecule has 1 saturated heterocycles. The van der Waals surface area contributed by atoms with Crippen LogP contribution >= 0.6 is 23.4 Å². The summed E-state index contributed by atoms with van der Waals surface area (Å²) in [5, 5.41) is 14.1. The number of rotatable bonds is 5. The Kier molecular flexibility index (Phi) is 5.24. The second-order valence-corrected chi connectivity index (χ2v) is 5.75. The molecular formula is C11H15ClN4O2S. The minimum Gasteiger partial charge on any atom is -0.363 e. The highest BCUT2D eigenvalue weighted by Crippen LogP contribution is 2.23. The van der Waals surface area contributed by atoms with E-state index in [1.807, 2.05) is 11.8 Å². The fourth-order valence-corrected chi connectivity index (χ4v) is 2.99. The minimum atomic E-state index is -0.455. The third-order valence-electron chi connectivity index (χ3n) is 2.86. The molecule has 1 aromatic heterocycles. The lowest BCUT2D eigenvalue weighted by molar-refractivity contribution is -0.384. The Hall–Kier alpha value is -1.05. The lowest BCUT2D eigenvalue weighted by Crippen LogP contribution is -2.36. The molecule has 1 aliphatic rings. The highest BCUT2D eigenvalue weighted by Gasteiger charge is 2.16. The van der Waals surface area contributed by atoms with Gasteiger partial charge in [0.2, 0.25) is 5.82 Å². The first-order valence-electron chi connectivity index (χ1n) is 6.02. The maximum atomic E-state index is 10.9. The summed E-state index contributed by atoms with van der Waals surface area (Å²) in [6.45, 7) is 3.61. The molecule has 6 nitrogen and oxygen atoms in total. The number of aromatic nitrogens is 1. The molecule has 1 fully saturated rings. The van der Waals surface area contributed by atoms with Crippen molar-refractivity contribution in [2.45, 2.75) is 0 Å². The van der Waals surface area contributed by atoms with E-state index in [1.165, 1.54) is 12.1 Å². The van der Waals surface area contributed by atoms with Gasteiger partial charge in [-0.05, 0) is 6.07 Å². The van der Waals surface area contributed by atoms with Crippen LogP contribution in [0.4, 0.5) is 11.5 Å². The van der Waals surface area contributed by atoms with Gasteiger partial charge >= 0.3 is 5.69 Å². The highest BCUT2D eigenvalue weighted by molar-refractivity contribution is 7.99. The standard InChI is InChI=1S/C11H15ClN4O2S/c12-10-2-1-9(16(17)18)11(14-10)13-3-4-15-5-7-19-8-6-15/h1-2H,3-8H2,(H,13,14). The van der Waals surface area contributed by atoms with E-state index in [9.17, 15) is 10.1 Å². The van der Waals surface area contributed by atoms with Crippen LogP contribution in [0, 0.1) is 10.1 Å². The molecule has 2 rings (SSSR count). The molecule has 19 heavy (non-hydrogen) atoms. The van der Waals surface area contributed by atoms with E-state index in [1.54, 1.807) is 0 Å². The summed E-state index contributed by atoms with van der Waals surface area (Å²) >= 11 is 7.72. The Labute approximate surface area is 120 Å². The average Bonchev–Trinajstić information content (AvgIpc) is 2.39. The molecule has 1 N–H and O–H groups in total. The molecule has 1 aliphatic heterocycles. The molecule has 2 heterocycles. The summed E-state index contributed by atoms with van der Waals surface area (Å²) in [5.74, 6) is 2.54. The Morgan fingerprint density at radius 3 is 2.89 bits per heavy atom. The van der Waals surface area contributed by atoms with E-state index in [0.717, 1.165) is 31.1 Å². The molecule has 1 aromatic rings. The second kappa shape index (κ2) is 6.93. The van der Waals surface area contributed by atoms with Crippen LogP contribution in [0.5, 0.6) is 0 Å². The van der Waals surface area contributed by atoms with Gasteiger partial charge in [-0.25, -0.2) is 4.98 Å². The Balaban J connectivity index is 1.91. The second-order valence-electron chi connectivity index (χ2n) is 4.14. The quantitative estimate of drug-likeness (QED) is 0.510. The molecule has 0 aromatic carbocycles. The number of anilines is 1. The molecule has 0 aliphatic carbocycles. The maximum Gasteiger partial charge on any atom is 0.311 e. The smallest absolute Gasteiger partial charge is 0.311 e. The van der Waals surface area contributed by atoms with Crippen LogP contribution in [0.1, 0.15) is 0 Å². The number of nitro groups is 1. The van der Waals surface area contributed by atoms with E-state index in [-0.39, 0.29) is 16.7 Å². The van der Waals surface area contributed by atoms with Gasteiger partial charge in [0.05, 0.1) is 4.92 Å². The summed E-state index contributed by atoms with van der Waals surface area (Å²) < 4.78 is 0. The van der Waals surface area contributed by atoms with E-state index >= 15 is 0 Å². The fraction of sp³-hybridized carbons (Fsp3) is 0.545. The third kappa shape index (κ3) is 4.22. The van der Waals surface area contributed by atoms with Crippen LogP contribution < -0.4 is 5.32 Å². The molecule has 0 saturated carbocycles. The largest absolute Gasteiger partial charge is 0.363 e. The molecule has 0 radical (unpaired) electrons. The zero-order valence-corrected chi connectivity index (χ0v) is 11.9. The predicted molar refractivity (Wildman–Crippen MR) is 78.2 cm³/mol. The van der Waals surface area contributed by atoms with Crippen molar-refractivity contribution in [1.29, 1.82) is 0 Å². The van der Waals surface area contributed by atoms with Crippen LogP contribution in [0.25, 0.3) is 0 Å². The van der Waals surface area contributed by atoms with Crippen molar-refractivity contribution in [2.24, 2.45) is 0 Å². The van der Waals surface area contributed by atoms with Gasteiger partial charge in [0.1, 0.15) is 5.15 Å². The first-order chi connectivity index (χ1) is 9.16. The first-order valence-corrected chi connectivity index (χ1v) is 7.55. The summed E-state index contributed by atoms with van der Waals surface area (Å²) in [5.41, 5.74) is -0.0430. The van der Waals surface area contributed by atoms with Crippen LogP contribution in [0.3, 0.4) is 0 Å². The monoisotopic (exact) mass is 302 g/mol. The lowest BCUT2D eigenvalue weighted by Gasteiger charge is -2.26. The average molecular weight is 303 g/mol. The number of nitrogens with zero attached hydrogens (tertiary/aromatic N) is 3. The van der Waals surface area contributed by atoms with Gasteiger partial charge in [-0.15, -0.1) is 0 Å². The van der Waals surface area contributed by atoms with E-state index in [2.05, 4.69) is 15.2 Å².